The largest absolute Gasteiger partial charge is 0.463 e. The molecule has 92 valence electrons. The zero-order valence-electron chi connectivity index (χ0n) is 10.8. The van der Waals surface area contributed by atoms with Crippen LogP contribution in [0.3, 0.4) is 0 Å². The first-order valence-corrected chi connectivity index (χ1v) is 6.14. The predicted molar refractivity (Wildman–Crippen MR) is 67.2 cm³/mol. The summed E-state index contributed by atoms with van der Waals surface area (Å²) < 4.78 is 5.67. The Morgan fingerprint density at radius 3 is 2.69 bits per heavy atom. The summed E-state index contributed by atoms with van der Waals surface area (Å²) in [5, 5.41) is 0. The summed E-state index contributed by atoms with van der Waals surface area (Å²) >= 11 is 0. The monoisotopic (exact) mass is 224 g/mol. The van der Waals surface area contributed by atoms with Crippen molar-refractivity contribution in [3.63, 3.8) is 0 Å². The third kappa shape index (κ3) is 3.99. The Bertz CT molecular complexity index is 307. The lowest BCUT2D eigenvalue weighted by Crippen LogP contribution is -2.18. The van der Waals surface area contributed by atoms with Gasteiger partial charge in [0, 0.05) is 0 Å². The number of aryl methyl sites for hydroxylation is 1. The molecule has 1 aromatic rings. The van der Waals surface area contributed by atoms with Crippen LogP contribution in [0.4, 0.5) is 0 Å². The summed E-state index contributed by atoms with van der Waals surface area (Å²) in [7, 11) is 2.13. The van der Waals surface area contributed by atoms with Gasteiger partial charge in [-0.2, -0.15) is 0 Å². The summed E-state index contributed by atoms with van der Waals surface area (Å²) in [4.78, 5) is 2.30. The smallest absolute Gasteiger partial charge is 0.120 e. The molecular formula is C13H24N2O. The van der Waals surface area contributed by atoms with Gasteiger partial charge in [-0.1, -0.05) is 19.8 Å². The third-order valence-corrected chi connectivity index (χ3v) is 2.83. The molecule has 0 atom stereocenters. The fourth-order valence-corrected chi connectivity index (χ4v) is 1.85. The van der Waals surface area contributed by atoms with E-state index in [0.717, 1.165) is 24.6 Å². The van der Waals surface area contributed by atoms with Crippen molar-refractivity contribution in [2.45, 2.75) is 46.2 Å². The Labute approximate surface area is 98.6 Å². The van der Waals surface area contributed by atoms with E-state index in [1.54, 1.807) is 0 Å². The Morgan fingerprint density at radius 2 is 2.12 bits per heavy atom. The minimum atomic E-state index is 0.491. The fraction of sp³-hybridized carbons (Fsp3) is 0.692. The van der Waals surface area contributed by atoms with Crippen molar-refractivity contribution in [3.05, 3.63) is 23.2 Å². The second-order valence-electron chi connectivity index (χ2n) is 4.47. The molecule has 0 aliphatic rings. The van der Waals surface area contributed by atoms with Crippen molar-refractivity contribution < 1.29 is 4.42 Å². The van der Waals surface area contributed by atoms with E-state index in [2.05, 4.69) is 24.9 Å². The van der Waals surface area contributed by atoms with E-state index in [0.29, 0.717) is 6.54 Å². The van der Waals surface area contributed by atoms with Crippen LogP contribution < -0.4 is 5.73 Å². The Hall–Kier alpha value is -0.800. The second kappa shape index (κ2) is 6.71. The molecule has 0 unspecified atom stereocenters. The summed E-state index contributed by atoms with van der Waals surface area (Å²) in [5.74, 6) is 1.94. The maximum atomic E-state index is 5.67. The number of hydrogen-bond donors (Lipinski definition) is 1. The van der Waals surface area contributed by atoms with E-state index in [4.69, 9.17) is 10.2 Å². The van der Waals surface area contributed by atoms with Crippen molar-refractivity contribution in [2.75, 3.05) is 13.6 Å². The molecule has 0 fully saturated rings. The van der Waals surface area contributed by atoms with Gasteiger partial charge < -0.3 is 10.2 Å². The van der Waals surface area contributed by atoms with Gasteiger partial charge in [-0.15, -0.1) is 0 Å². The SMILES string of the molecule is CCCCCN(C)Cc1cc(C)c(CN)o1. The molecule has 3 heteroatoms. The minimum absolute atomic E-state index is 0.491. The van der Waals surface area contributed by atoms with E-state index < -0.39 is 0 Å². The van der Waals surface area contributed by atoms with Crippen molar-refractivity contribution >= 4 is 0 Å². The van der Waals surface area contributed by atoms with Gasteiger partial charge in [0.15, 0.2) is 0 Å². The first-order valence-electron chi connectivity index (χ1n) is 6.14. The fourth-order valence-electron chi connectivity index (χ4n) is 1.85. The van der Waals surface area contributed by atoms with Gasteiger partial charge >= 0.3 is 0 Å². The number of unbranched alkanes of at least 4 members (excludes halogenated alkanes) is 2. The van der Waals surface area contributed by atoms with E-state index in [9.17, 15) is 0 Å². The molecule has 0 aliphatic carbocycles. The van der Waals surface area contributed by atoms with Gasteiger partial charge in [0.25, 0.3) is 0 Å². The van der Waals surface area contributed by atoms with Crippen molar-refractivity contribution in [3.8, 4) is 0 Å². The number of hydrogen-bond acceptors (Lipinski definition) is 3. The van der Waals surface area contributed by atoms with Crippen molar-refractivity contribution in [1.82, 2.24) is 4.90 Å². The highest BCUT2D eigenvalue weighted by Crippen LogP contribution is 2.15. The molecule has 0 bridgehead atoms. The normalized spacial score (nSPS) is 11.3. The molecule has 1 heterocycles. The molecule has 16 heavy (non-hydrogen) atoms. The molecule has 1 aromatic heterocycles. The molecule has 0 radical (unpaired) electrons. The van der Waals surface area contributed by atoms with Crippen LogP contribution in [0, 0.1) is 6.92 Å². The van der Waals surface area contributed by atoms with Gasteiger partial charge in [0.05, 0.1) is 13.1 Å². The van der Waals surface area contributed by atoms with Gasteiger partial charge in [-0.25, -0.2) is 0 Å². The lowest BCUT2D eigenvalue weighted by molar-refractivity contribution is 0.285. The molecular weight excluding hydrogens is 200 g/mol. The molecule has 0 amide bonds. The molecule has 0 aliphatic heterocycles. The van der Waals surface area contributed by atoms with Gasteiger partial charge in [0.2, 0.25) is 0 Å². The lowest BCUT2D eigenvalue weighted by Gasteiger charge is -2.14. The van der Waals surface area contributed by atoms with E-state index >= 15 is 0 Å². The highest BCUT2D eigenvalue weighted by molar-refractivity contribution is 5.19. The Balaban J connectivity index is 2.40. The average molecular weight is 224 g/mol. The number of nitrogens with zero attached hydrogens (tertiary/aromatic N) is 1. The summed E-state index contributed by atoms with van der Waals surface area (Å²) in [5.41, 5.74) is 6.75. The third-order valence-electron chi connectivity index (χ3n) is 2.83. The number of nitrogens with two attached hydrogens (primary N) is 1. The maximum Gasteiger partial charge on any atom is 0.120 e. The molecule has 0 spiro atoms. The van der Waals surface area contributed by atoms with Crippen LogP contribution >= 0.6 is 0 Å². The van der Waals surface area contributed by atoms with Crippen LogP contribution in [0.5, 0.6) is 0 Å². The zero-order valence-corrected chi connectivity index (χ0v) is 10.8. The predicted octanol–water partition coefficient (Wildman–Crippen LogP) is 2.67. The summed E-state index contributed by atoms with van der Waals surface area (Å²) in [6.45, 7) is 6.77. The van der Waals surface area contributed by atoms with Crippen molar-refractivity contribution in [1.29, 1.82) is 0 Å². The standard InChI is InChI=1S/C13H24N2O/c1-4-5-6-7-15(3)10-12-8-11(2)13(9-14)16-12/h8H,4-7,9-10,14H2,1-3H3. The molecule has 1 rings (SSSR count). The van der Waals surface area contributed by atoms with Crippen LogP contribution in [0.25, 0.3) is 0 Å². The van der Waals surface area contributed by atoms with E-state index in [1.807, 2.05) is 6.92 Å². The second-order valence-corrected chi connectivity index (χ2v) is 4.47. The average Bonchev–Trinajstić information content (AvgIpc) is 2.59. The number of furan rings is 1. The quantitative estimate of drug-likeness (QED) is 0.724. The van der Waals surface area contributed by atoms with Gasteiger partial charge in [-0.3, -0.25) is 4.90 Å². The van der Waals surface area contributed by atoms with Crippen molar-refractivity contribution in [2.24, 2.45) is 5.73 Å². The van der Waals surface area contributed by atoms with Crippen LogP contribution in [-0.4, -0.2) is 18.5 Å². The number of rotatable bonds is 7. The van der Waals surface area contributed by atoms with Gasteiger partial charge in [-0.05, 0) is 38.6 Å². The molecule has 2 N–H and O–H groups in total. The van der Waals surface area contributed by atoms with Crippen LogP contribution in [0.1, 0.15) is 43.3 Å². The highest BCUT2D eigenvalue weighted by atomic mass is 16.3. The van der Waals surface area contributed by atoms with E-state index in [-0.39, 0.29) is 0 Å². The molecule has 0 saturated heterocycles. The van der Waals surface area contributed by atoms with Crippen LogP contribution in [0.15, 0.2) is 10.5 Å². The topological polar surface area (TPSA) is 42.4 Å². The van der Waals surface area contributed by atoms with Crippen LogP contribution in [-0.2, 0) is 13.1 Å². The van der Waals surface area contributed by atoms with E-state index in [1.165, 1.54) is 24.8 Å². The molecule has 0 aromatic carbocycles. The summed E-state index contributed by atoms with van der Waals surface area (Å²) in [6, 6.07) is 2.10. The van der Waals surface area contributed by atoms with Gasteiger partial charge in [0.1, 0.15) is 11.5 Å². The zero-order chi connectivity index (χ0) is 12.0. The van der Waals surface area contributed by atoms with Crippen LogP contribution in [0.2, 0.25) is 0 Å². The highest BCUT2D eigenvalue weighted by Gasteiger charge is 2.08. The lowest BCUT2D eigenvalue weighted by atomic mass is 10.2. The first kappa shape index (κ1) is 13.3. The Kier molecular flexibility index (Phi) is 5.56. The minimum Gasteiger partial charge on any atom is -0.463 e. The Morgan fingerprint density at radius 1 is 1.38 bits per heavy atom. The molecule has 3 nitrogen and oxygen atoms in total. The first-order chi connectivity index (χ1) is 7.67. The summed E-state index contributed by atoms with van der Waals surface area (Å²) in [6.07, 6.45) is 3.83. The maximum absolute atomic E-state index is 5.67. The molecule has 0 saturated carbocycles.